The number of ether oxygens (including phenoxy) is 2. The molecule has 2 aliphatic heterocycles. The van der Waals surface area contributed by atoms with Gasteiger partial charge in [-0.05, 0) is 43.9 Å². The lowest BCUT2D eigenvalue weighted by Gasteiger charge is -2.27. The van der Waals surface area contributed by atoms with Crippen LogP contribution >= 0.6 is 0 Å². The van der Waals surface area contributed by atoms with Gasteiger partial charge in [-0.1, -0.05) is 45.3 Å². The van der Waals surface area contributed by atoms with Gasteiger partial charge in [-0.15, -0.1) is 0 Å². The van der Waals surface area contributed by atoms with Crippen LogP contribution in [0, 0.1) is 17.8 Å². The molecule has 1 N–H and O–H groups in total. The molecule has 2 fully saturated rings. The average molecular weight is 353 g/mol. The zero-order chi connectivity index (χ0) is 18.1. The van der Waals surface area contributed by atoms with Crippen LogP contribution in [-0.2, 0) is 14.3 Å². The normalized spacial score (nSPS) is 29.5. The zero-order valence-electron chi connectivity index (χ0n) is 16.0. The summed E-state index contributed by atoms with van der Waals surface area (Å²) in [7, 11) is 0. The highest BCUT2D eigenvalue weighted by Gasteiger charge is 2.48. The van der Waals surface area contributed by atoms with E-state index in [0.29, 0.717) is 24.0 Å². The summed E-state index contributed by atoms with van der Waals surface area (Å²) in [5.41, 5.74) is 0. The molecule has 5 atom stereocenters. The smallest absolute Gasteiger partial charge is 0.303 e. The van der Waals surface area contributed by atoms with E-state index in [1.54, 1.807) is 0 Å². The Balaban J connectivity index is 1.69. The van der Waals surface area contributed by atoms with Crippen LogP contribution in [0.4, 0.5) is 0 Å². The van der Waals surface area contributed by atoms with E-state index in [1.165, 1.54) is 38.5 Å². The summed E-state index contributed by atoms with van der Waals surface area (Å²) < 4.78 is 12.1. The lowest BCUT2D eigenvalue weighted by molar-refractivity contribution is -0.137. The lowest BCUT2D eigenvalue weighted by atomic mass is 9.78. The Bertz CT molecular complexity index is 420. The first-order valence-corrected chi connectivity index (χ1v) is 10.2. The monoisotopic (exact) mass is 352 g/mol. The van der Waals surface area contributed by atoms with Crippen molar-refractivity contribution in [2.24, 2.45) is 17.8 Å². The van der Waals surface area contributed by atoms with Crippen molar-refractivity contribution in [3.8, 4) is 0 Å². The number of hydrogen-bond donors (Lipinski definition) is 1. The van der Waals surface area contributed by atoms with Crippen molar-refractivity contribution in [1.82, 2.24) is 0 Å². The molecule has 2 aliphatic rings. The number of allylic oxidation sites excluding steroid dienone is 2. The van der Waals surface area contributed by atoms with Gasteiger partial charge in [-0.25, -0.2) is 0 Å². The summed E-state index contributed by atoms with van der Waals surface area (Å²) in [6.45, 7) is 5.94. The SMILES string of the molecule is CCCCCCOCC1[C@H]2CC[C@H](O2)[C@H]1CC=CC[C@@H](C)CC(=O)O. The molecule has 144 valence electrons. The van der Waals surface area contributed by atoms with Gasteiger partial charge in [0.15, 0.2) is 0 Å². The second kappa shape index (κ2) is 11.0. The Morgan fingerprint density at radius 3 is 2.68 bits per heavy atom. The fourth-order valence-electron chi connectivity index (χ4n) is 4.24. The van der Waals surface area contributed by atoms with E-state index in [9.17, 15) is 4.79 Å². The van der Waals surface area contributed by atoms with Gasteiger partial charge in [0.05, 0.1) is 18.8 Å². The van der Waals surface area contributed by atoms with Gasteiger partial charge in [-0.3, -0.25) is 4.79 Å². The van der Waals surface area contributed by atoms with Crippen LogP contribution in [0.3, 0.4) is 0 Å². The van der Waals surface area contributed by atoms with Crippen molar-refractivity contribution in [1.29, 1.82) is 0 Å². The van der Waals surface area contributed by atoms with E-state index in [2.05, 4.69) is 19.1 Å². The first-order valence-electron chi connectivity index (χ1n) is 10.2. The van der Waals surface area contributed by atoms with E-state index in [0.717, 1.165) is 26.1 Å². The topological polar surface area (TPSA) is 55.8 Å². The summed E-state index contributed by atoms with van der Waals surface area (Å²) in [6.07, 6.45) is 14.7. The molecular weight excluding hydrogens is 316 g/mol. The molecule has 4 nitrogen and oxygen atoms in total. The average Bonchev–Trinajstić information content (AvgIpc) is 3.16. The Kier molecular flexibility index (Phi) is 8.97. The maximum absolute atomic E-state index is 10.7. The first kappa shape index (κ1) is 20.4. The summed E-state index contributed by atoms with van der Waals surface area (Å²) in [5, 5.41) is 8.82. The largest absolute Gasteiger partial charge is 0.481 e. The number of unbranched alkanes of at least 4 members (excludes halogenated alkanes) is 3. The highest BCUT2D eigenvalue weighted by molar-refractivity contribution is 5.66. The zero-order valence-corrected chi connectivity index (χ0v) is 16.0. The molecule has 2 saturated heterocycles. The molecule has 0 aliphatic carbocycles. The predicted octanol–water partition coefficient (Wildman–Crippen LogP) is 4.82. The Hall–Kier alpha value is -0.870. The van der Waals surface area contributed by atoms with Crippen LogP contribution in [0.1, 0.15) is 71.6 Å². The molecule has 0 saturated carbocycles. The number of carbonyl (C=O) groups is 1. The molecule has 0 spiro atoms. The summed E-state index contributed by atoms with van der Waals surface area (Å²) >= 11 is 0. The fraction of sp³-hybridized carbons (Fsp3) is 0.857. The molecule has 2 bridgehead atoms. The molecule has 0 amide bonds. The molecule has 0 aromatic carbocycles. The fourth-order valence-corrected chi connectivity index (χ4v) is 4.24. The second-order valence-corrected chi connectivity index (χ2v) is 7.90. The van der Waals surface area contributed by atoms with Gasteiger partial charge in [0.25, 0.3) is 0 Å². The maximum atomic E-state index is 10.7. The van der Waals surface area contributed by atoms with Gasteiger partial charge >= 0.3 is 5.97 Å². The molecule has 0 aromatic heterocycles. The predicted molar refractivity (Wildman–Crippen MR) is 99.6 cm³/mol. The number of aliphatic carboxylic acids is 1. The Morgan fingerprint density at radius 2 is 1.96 bits per heavy atom. The van der Waals surface area contributed by atoms with Crippen molar-refractivity contribution < 1.29 is 19.4 Å². The third-order valence-corrected chi connectivity index (χ3v) is 5.68. The van der Waals surface area contributed by atoms with Gasteiger partial charge in [-0.2, -0.15) is 0 Å². The summed E-state index contributed by atoms with van der Waals surface area (Å²) in [4.78, 5) is 10.7. The number of rotatable bonds is 13. The number of carboxylic acid groups (broad SMARTS) is 1. The second-order valence-electron chi connectivity index (χ2n) is 7.90. The molecule has 25 heavy (non-hydrogen) atoms. The highest BCUT2D eigenvalue weighted by atomic mass is 16.5. The minimum Gasteiger partial charge on any atom is -0.481 e. The molecule has 2 heterocycles. The maximum Gasteiger partial charge on any atom is 0.303 e. The molecule has 4 heteroatoms. The molecule has 1 unspecified atom stereocenters. The Labute approximate surface area is 153 Å². The van der Waals surface area contributed by atoms with Crippen LogP contribution in [0.25, 0.3) is 0 Å². The molecule has 0 aromatic rings. The van der Waals surface area contributed by atoms with Crippen molar-refractivity contribution in [3.63, 3.8) is 0 Å². The van der Waals surface area contributed by atoms with Crippen molar-refractivity contribution in [2.45, 2.75) is 83.8 Å². The van der Waals surface area contributed by atoms with Crippen LogP contribution < -0.4 is 0 Å². The van der Waals surface area contributed by atoms with E-state index in [4.69, 9.17) is 14.6 Å². The third-order valence-electron chi connectivity index (χ3n) is 5.68. The van der Waals surface area contributed by atoms with Gasteiger partial charge in [0, 0.05) is 18.9 Å². The van der Waals surface area contributed by atoms with Crippen molar-refractivity contribution in [3.05, 3.63) is 12.2 Å². The standard InChI is InChI=1S/C21H36O4/c1-3-4-5-8-13-24-15-18-17(19-11-12-20(18)25-19)10-7-6-9-16(2)14-21(22)23/h6-7,16-20H,3-5,8-15H2,1-2H3,(H,22,23)/t16-,17+,18?,19+,20-/m1/s1. The minimum absolute atomic E-state index is 0.201. The lowest BCUT2D eigenvalue weighted by Crippen LogP contribution is -2.30. The number of hydrogen-bond acceptors (Lipinski definition) is 3. The van der Waals surface area contributed by atoms with Gasteiger partial charge < -0.3 is 14.6 Å². The number of carboxylic acids is 1. The molecule has 0 radical (unpaired) electrons. The van der Waals surface area contributed by atoms with Gasteiger partial charge in [0.2, 0.25) is 0 Å². The van der Waals surface area contributed by atoms with Crippen LogP contribution in [0.5, 0.6) is 0 Å². The first-order chi connectivity index (χ1) is 12.1. The summed E-state index contributed by atoms with van der Waals surface area (Å²) in [5.74, 6) is 0.595. The minimum atomic E-state index is -0.710. The van der Waals surface area contributed by atoms with Crippen LogP contribution in [0.2, 0.25) is 0 Å². The summed E-state index contributed by atoms with van der Waals surface area (Å²) in [6, 6.07) is 0. The quantitative estimate of drug-likeness (QED) is 0.381. The van der Waals surface area contributed by atoms with Crippen LogP contribution in [0.15, 0.2) is 12.2 Å². The molecular formula is C21H36O4. The van der Waals surface area contributed by atoms with Crippen molar-refractivity contribution >= 4 is 5.97 Å². The van der Waals surface area contributed by atoms with E-state index >= 15 is 0 Å². The van der Waals surface area contributed by atoms with Crippen LogP contribution in [-0.4, -0.2) is 36.5 Å². The number of fused-ring (bicyclic) bond motifs is 2. The van der Waals surface area contributed by atoms with E-state index < -0.39 is 5.97 Å². The van der Waals surface area contributed by atoms with E-state index in [-0.39, 0.29) is 12.3 Å². The molecule has 2 rings (SSSR count). The van der Waals surface area contributed by atoms with Gasteiger partial charge in [0.1, 0.15) is 0 Å². The Morgan fingerprint density at radius 1 is 1.20 bits per heavy atom. The van der Waals surface area contributed by atoms with Crippen molar-refractivity contribution in [2.75, 3.05) is 13.2 Å². The highest BCUT2D eigenvalue weighted by Crippen LogP contribution is 2.45. The third kappa shape index (κ3) is 6.74. The van der Waals surface area contributed by atoms with E-state index in [1.807, 2.05) is 6.92 Å².